The van der Waals surface area contributed by atoms with Crippen LogP contribution in [0.5, 0.6) is 0 Å². The number of benzene rings is 1. The number of hydrogen-bond acceptors (Lipinski definition) is 8. The van der Waals surface area contributed by atoms with E-state index in [4.69, 9.17) is 9.47 Å². The third-order valence-electron chi connectivity index (χ3n) is 9.66. The molecule has 1 aromatic rings. The molecule has 1 heterocycles. The van der Waals surface area contributed by atoms with Gasteiger partial charge >= 0.3 is 5.97 Å². The summed E-state index contributed by atoms with van der Waals surface area (Å²) < 4.78 is 11.6. The molecule has 1 radical (unpaired) electrons. The Hall–Kier alpha value is -0.658. The molecule has 9 heteroatoms. The molecule has 193 valence electrons. The summed E-state index contributed by atoms with van der Waals surface area (Å²) in [4.78, 5) is 27.3. The Morgan fingerprint density at radius 3 is 2.33 bits per heavy atom. The summed E-state index contributed by atoms with van der Waals surface area (Å²) in [7, 11) is 0. The second-order valence-corrected chi connectivity index (χ2v) is 11.5. The molecule has 1 saturated heterocycles. The number of fused-ring (bicyclic) bond motifs is 5. The van der Waals surface area contributed by atoms with E-state index in [-0.39, 0.29) is 81.3 Å². The van der Waals surface area contributed by atoms with Crippen molar-refractivity contribution in [2.75, 3.05) is 6.61 Å². The molecular weight excluding hydrogens is 679 g/mol. The number of aliphatic hydroxyl groups is 4. The molecule has 2 saturated carbocycles. The van der Waals surface area contributed by atoms with Crippen LogP contribution in [0.1, 0.15) is 57.3 Å². The summed E-state index contributed by atoms with van der Waals surface area (Å²) in [6, 6.07) is 8.28. The largest absolute Gasteiger partial charge is 0.455 e. The van der Waals surface area contributed by atoms with Gasteiger partial charge in [0.05, 0.1) is 35.9 Å². The molecule has 2 bridgehead atoms. The first-order valence-electron chi connectivity index (χ1n) is 12.2. The Balaban J connectivity index is 0.00000304. The van der Waals surface area contributed by atoms with Crippen LogP contribution in [0.4, 0.5) is 0 Å². The van der Waals surface area contributed by atoms with Crippen LogP contribution in [0.2, 0.25) is 0 Å². The second-order valence-electron chi connectivity index (χ2n) is 11.5. The van der Waals surface area contributed by atoms with Crippen molar-refractivity contribution < 1.29 is 83.6 Å². The predicted octanol–water partition coefficient (Wildman–Crippen LogP) is 1.54. The third-order valence-corrected chi connectivity index (χ3v) is 9.66. The van der Waals surface area contributed by atoms with Crippen LogP contribution in [0.3, 0.4) is 0 Å². The maximum absolute atomic E-state index is 13.9. The minimum atomic E-state index is -1.84. The number of rotatable bonds is 2. The molecule has 3 aliphatic carbocycles. The van der Waals surface area contributed by atoms with Gasteiger partial charge in [-0.25, -0.2) is 4.79 Å². The average molecular weight is 714 g/mol. The number of carbonyl (C=O) groups excluding carboxylic acids is 2. The SMILES string of the molecule is CC1=C2CC(=O)[C@]3(C)C(O)CC4OCC4(O)C3C(OC(=O)c3ccccc3)C(O)(CC1O)C2(C)C.[Ac]. The van der Waals surface area contributed by atoms with Gasteiger partial charge in [-0.3, -0.25) is 4.79 Å². The van der Waals surface area contributed by atoms with Gasteiger partial charge in [0.2, 0.25) is 0 Å². The van der Waals surface area contributed by atoms with Gasteiger partial charge in [0, 0.05) is 74.7 Å². The van der Waals surface area contributed by atoms with Gasteiger partial charge in [-0.1, -0.05) is 37.6 Å². The van der Waals surface area contributed by atoms with Crippen molar-refractivity contribution in [1.29, 1.82) is 0 Å². The smallest absolute Gasteiger partial charge is 0.338 e. The van der Waals surface area contributed by atoms with Gasteiger partial charge < -0.3 is 29.9 Å². The molecule has 1 aromatic carbocycles. The third kappa shape index (κ3) is 3.68. The number of carbonyl (C=O) groups is 2. The van der Waals surface area contributed by atoms with Gasteiger partial charge in [0.25, 0.3) is 0 Å². The number of hydrogen-bond donors (Lipinski definition) is 4. The summed E-state index contributed by atoms with van der Waals surface area (Å²) >= 11 is 0. The van der Waals surface area contributed by atoms with Gasteiger partial charge in [0.1, 0.15) is 23.1 Å². The Labute approximate surface area is 246 Å². The first-order chi connectivity index (χ1) is 16.3. The fraction of sp³-hybridized carbons (Fsp3) is 0.630. The van der Waals surface area contributed by atoms with Crippen LogP contribution in [0.15, 0.2) is 41.5 Å². The summed E-state index contributed by atoms with van der Waals surface area (Å²) in [5, 5.41) is 46.5. The minimum absolute atomic E-state index is 0. The molecule has 5 rings (SSSR count). The van der Waals surface area contributed by atoms with Crippen molar-refractivity contribution in [2.24, 2.45) is 16.7 Å². The van der Waals surface area contributed by atoms with Crippen LogP contribution in [0, 0.1) is 60.8 Å². The van der Waals surface area contributed by atoms with E-state index in [0.717, 1.165) is 0 Å². The van der Waals surface area contributed by atoms with Crippen molar-refractivity contribution in [3.63, 3.8) is 0 Å². The molecule has 8 atom stereocenters. The van der Waals surface area contributed by atoms with E-state index >= 15 is 0 Å². The number of esters is 1. The van der Waals surface area contributed by atoms with E-state index in [0.29, 0.717) is 11.1 Å². The zero-order valence-electron chi connectivity index (χ0n) is 21.1. The van der Waals surface area contributed by atoms with Crippen LogP contribution >= 0.6 is 0 Å². The molecule has 0 amide bonds. The number of Topliss-reactive ketones (excluding diaryl/α,β-unsaturated/α-hetero) is 1. The normalized spacial score (nSPS) is 43.1. The molecule has 1 aliphatic heterocycles. The van der Waals surface area contributed by atoms with Gasteiger partial charge in [-0.15, -0.1) is 0 Å². The van der Waals surface area contributed by atoms with Crippen LogP contribution in [-0.4, -0.2) is 74.4 Å². The monoisotopic (exact) mass is 713 g/mol. The molecular formula is C27H34AcO8. The number of ketones is 1. The van der Waals surface area contributed by atoms with Crippen LogP contribution < -0.4 is 0 Å². The molecule has 8 nitrogen and oxygen atoms in total. The average Bonchev–Trinajstić information content (AvgIpc) is 2.81. The van der Waals surface area contributed by atoms with E-state index in [9.17, 15) is 30.0 Å². The molecule has 0 aromatic heterocycles. The topological polar surface area (TPSA) is 134 Å². The van der Waals surface area contributed by atoms with Crippen molar-refractivity contribution in [2.45, 2.75) is 82.6 Å². The van der Waals surface area contributed by atoms with Gasteiger partial charge in [0.15, 0.2) is 0 Å². The summed E-state index contributed by atoms with van der Waals surface area (Å²) in [6.45, 7) is 6.76. The number of aliphatic hydroxyl groups excluding tert-OH is 2. The maximum Gasteiger partial charge on any atom is 0.338 e. The van der Waals surface area contributed by atoms with Crippen molar-refractivity contribution in [1.82, 2.24) is 0 Å². The molecule has 3 fully saturated rings. The minimum Gasteiger partial charge on any atom is -0.455 e. The fourth-order valence-electron chi connectivity index (χ4n) is 7.08. The first-order valence-corrected chi connectivity index (χ1v) is 12.2. The van der Waals surface area contributed by atoms with E-state index in [1.165, 1.54) is 0 Å². The first kappa shape index (κ1) is 28.4. The van der Waals surface area contributed by atoms with Crippen molar-refractivity contribution in [3.05, 3.63) is 47.0 Å². The zero-order chi connectivity index (χ0) is 25.6. The summed E-state index contributed by atoms with van der Waals surface area (Å²) in [5.74, 6) is -2.21. The summed E-state index contributed by atoms with van der Waals surface area (Å²) in [5.41, 5.74) is -4.63. The number of ether oxygens (including phenoxy) is 2. The molecule has 7 unspecified atom stereocenters. The Morgan fingerprint density at radius 1 is 1.11 bits per heavy atom. The van der Waals surface area contributed by atoms with E-state index in [1.807, 2.05) is 0 Å². The quantitative estimate of drug-likeness (QED) is 0.268. The molecule has 4 aliphatic rings. The van der Waals surface area contributed by atoms with Crippen molar-refractivity contribution >= 4 is 11.8 Å². The van der Waals surface area contributed by atoms with E-state index < -0.39 is 58.3 Å². The maximum atomic E-state index is 13.9. The van der Waals surface area contributed by atoms with Gasteiger partial charge in [-0.2, -0.15) is 0 Å². The molecule has 4 N–H and O–H groups in total. The fourth-order valence-corrected chi connectivity index (χ4v) is 7.08. The predicted molar refractivity (Wildman–Crippen MR) is 124 cm³/mol. The Bertz CT molecular complexity index is 1100. The molecule has 0 spiro atoms. The van der Waals surface area contributed by atoms with E-state index in [1.54, 1.807) is 58.0 Å². The zero-order valence-corrected chi connectivity index (χ0v) is 25.8. The van der Waals surface area contributed by atoms with E-state index in [2.05, 4.69) is 0 Å². The standard InChI is InChI=1S/C27H34O8.Ac/c1-14-16-10-18(29)25(4)19(30)11-20-26(32,13-34-20)21(25)22(27(33,12-17(14)28)24(16,2)3)35-23(31)15-8-6-5-7-9-15;/h5-9,17,19-22,28,30,32-33H,10-13H2,1-4H3;/t17?,19?,20?,21?,22?,25-,26?,27?;/m1./s1. The Morgan fingerprint density at radius 2 is 1.75 bits per heavy atom. The molecule has 36 heavy (non-hydrogen) atoms. The van der Waals surface area contributed by atoms with Crippen molar-refractivity contribution in [3.8, 4) is 0 Å². The van der Waals surface area contributed by atoms with Crippen LogP contribution in [0.25, 0.3) is 0 Å². The van der Waals surface area contributed by atoms with Gasteiger partial charge in [-0.05, 0) is 31.6 Å². The summed E-state index contributed by atoms with van der Waals surface area (Å²) in [6.07, 6.45) is -4.61. The Kier molecular flexibility index (Phi) is 7.26. The van der Waals surface area contributed by atoms with Crippen LogP contribution in [-0.2, 0) is 14.3 Å². The second kappa shape index (κ2) is 9.22.